The number of alkyl carbamates (subject to hydrolysis) is 1. The van der Waals surface area contributed by atoms with Crippen molar-refractivity contribution in [1.29, 1.82) is 0 Å². The Hall–Kier alpha value is -4.09. The van der Waals surface area contributed by atoms with Gasteiger partial charge in [0.1, 0.15) is 12.6 Å². The van der Waals surface area contributed by atoms with Gasteiger partial charge in [-0.2, -0.15) is 0 Å². The zero-order valence-corrected chi connectivity index (χ0v) is 21.1. The minimum absolute atomic E-state index is 0.00296. The zero-order valence-electron chi connectivity index (χ0n) is 21.1. The average Bonchev–Trinajstić information content (AvgIpc) is 3.62. The van der Waals surface area contributed by atoms with E-state index in [9.17, 15) is 24.3 Å². The molecule has 204 valence electrons. The van der Waals surface area contributed by atoms with E-state index in [4.69, 9.17) is 4.74 Å². The van der Waals surface area contributed by atoms with Gasteiger partial charge < -0.3 is 36.0 Å². The van der Waals surface area contributed by atoms with Crippen LogP contribution < -0.4 is 21.3 Å². The number of hydrogen-bond donors (Lipinski definition) is 5. The predicted octanol–water partition coefficient (Wildman–Crippen LogP) is 0.214. The quantitative estimate of drug-likeness (QED) is 0.286. The minimum Gasteiger partial charge on any atom is -0.480 e. The van der Waals surface area contributed by atoms with Crippen LogP contribution in [0.15, 0.2) is 47.5 Å². The lowest BCUT2D eigenvalue weighted by Gasteiger charge is -2.33. The van der Waals surface area contributed by atoms with Crippen molar-refractivity contribution in [3.8, 4) is 0 Å². The molecule has 38 heavy (non-hydrogen) atoms. The van der Waals surface area contributed by atoms with Crippen LogP contribution >= 0.6 is 0 Å². The molecule has 3 unspecified atom stereocenters. The highest BCUT2D eigenvalue weighted by Gasteiger charge is 2.33. The van der Waals surface area contributed by atoms with Gasteiger partial charge in [0.25, 0.3) is 0 Å². The van der Waals surface area contributed by atoms with Crippen molar-refractivity contribution in [3.63, 3.8) is 0 Å². The maximum atomic E-state index is 13.0. The number of likely N-dealkylation sites (tertiary alicyclic amines) is 1. The number of nitrogens with zero attached hydrogens (tertiary/aromatic N) is 2. The van der Waals surface area contributed by atoms with Gasteiger partial charge in [-0.1, -0.05) is 42.5 Å². The number of rotatable bonds is 9. The summed E-state index contributed by atoms with van der Waals surface area (Å²) in [4.78, 5) is 55.4. The summed E-state index contributed by atoms with van der Waals surface area (Å²) in [5.74, 6) is -1.30. The maximum Gasteiger partial charge on any atom is 0.408 e. The number of carbonyl (C=O) groups excluding carboxylic acids is 3. The maximum absolute atomic E-state index is 13.0. The molecule has 2 heterocycles. The normalized spacial score (nSPS) is 21.7. The number of piperidine rings is 1. The van der Waals surface area contributed by atoms with Crippen molar-refractivity contribution < 1.29 is 29.0 Å². The molecule has 12 nitrogen and oxygen atoms in total. The summed E-state index contributed by atoms with van der Waals surface area (Å²) in [6, 6.07) is 7.73. The van der Waals surface area contributed by atoms with Gasteiger partial charge in [0.2, 0.25) is 11.8 Å². The lowest BCUT2D eigenvalue weighted by molar-refractivity contribution is -0.140. The lowest BCUT2D eigenvalue weighted by atomic mass is 9.94. The van der Waals surface area contributed by atoms with Crippen molar-refractivity contribution in [1.82, 2.24) is 26.2 Å². The average molecular weight is 527 g/mol. The van der Waals surface area contributed by atoms with E-state index in [-0.39, 0.29) is 42.8 Å². The second-order valence-electron chi connectivity index (χ2n) is 9.58. The van der Waals surface area contributed by atoms with Crippen LogP contribution in [0.1, 0.15) is 24.8 Å². The highest BCUT2D eigenvalue weighted by molar-refractivity contribution is 5.85. The summed E-state index contributed by atoms with van der Waals surface area (Å²) in [6.07, 6.45) is 4.68. The Morgan fingerprint density at radius 1 is 1.13 bits per heavy atom. The molecule has 4 rings (SSSR count). The fourth-order valence-electron chi connectivity index (χ4n) is 4.71. The Labute approximate surface area is 220 Å². The topological polar surface area (TPSA) is 161 Å². The monoisotopic (exact) mass is 526 g/mol. The first kappa shape index (κ1) is 27.0. The van der Waals surface area contributed by atoms with Crippen LogP contribution in [0.2, 0.25) is 0 Å². The van der Waals surface area contributed by atoms with E-state index in [0.717, 1.165) is 24.6 Å². The number of aliphatic imine (C=N–C) groups is 1. The fraction of sp³-hybridized carbons (Fsp3) is 0.500. The van der Waals surface area contributed by atoms with Gasteiger partial charge in [-0.05, 0) is 24.8 Å². The molecular formula is C26H34N6O6. The smallest absolute Gasteiger partial charge is 0.408 e. The second kappa shape index (κ2) is 12.9. The van der Waals surface area contributed by atoms with Gasteiger partial charge >= 0.3 is 12.1 Å². The number of carbonyl (C=O) groups is 4. The molecule has 3 amide bonds. The molecule has 5 N–H and O–H groups in total. The largest absolute Gasteiger partial charge is 0.480 e. The third-order valence-electron chi connectivity index (χ3n) is 6.86. The van der Waals surface area contributed by atoms with Crippen LogP contribution in [-0.4, -0.2) is 84.7 Å². The van der Waals surface area contributed by atoms with E-state index in [1.165, 1.54) is 0 Å². The number of amides is 3. The van der Waals surface area contributed by atoms with Crippen LogP contribution in [0.25, 0.3) is 0 Å². The number of nitrogens with one attached hydrogen (secondary N) is 4. The Morgan fingerprint density at radius 3 is 2.58 bits per heavy atom. The molecule has 0 radical (unpaired) electrons. The molecule has 12 heteroatoms. The molecule has 0 spiro atoms. The molecule has 1 aliphatic carbocycles. The van der Waals surface area contributed by atoms with Crippen molar-refractivity contribution >= 4 is 29.8 Å². The predicted molar refractivity (Wildman–Crippen MR) is 138 cm³/mol. The summed E-state index contributed by atoms with van der Waals surface area (Å²) < 4.78 is 5.07. The Kier molecular flexibility index (Phi) is 9.17. The SMILES string of the molecule is O=C(NC(CNC(=O)C1CCN(C(=O)C2C=CC(NC3=NCCN3)C2)CC1)C(=O)O)OCc1ccccc1. The van der Waals surface area contributed by atoms with Crippen LogP contribution in [0.3, 0.4) is 0 Å². The molecule has 1 aromatic rings. The second-order valence-corrected chi connectivity index (χ2v) is 9.58. The number of guanidine groups is 1. The molecule has 1 fully saturated rings. The van der Waals surface area contributed by atoms with Crippen LogP contribution in [0.4, 0.5) is 4.79 Å². The van der Waals surface area contributed by atoms with E-state index < -0.39 is 18.1 Å². The first-order valence-corrected chi connectivity index (χ1v) is 12.9. The number of benzene rings is 1. The molecule has 3 atom stereocenters. The van der Waals surface area contributed by atoms with Crippen LogP contribution in [0, 0.1) is 11.8 Å². The summed E-state index contributed by atoms with van der Waals surface area (Å²) in [7, 11) is 0. The summed E-state index contributed by atoms with van der Waals surface area (Å²) in [5, 5.41) is 20.8. The zero-order chi connectivity index (χ0) is 26.9. The standard InChI is InChI=1S/C26H34N6O6/c33-22(29-15-21(24(35)36)31-26(37)38-16-17-4-2-1-3-5-17)18-8-12-32(13-9-18)23(34)19-6-7-20(14-19)30-25-27-10-11-28-25/h1-7,18-21H,8-16H2,(H,29,33)(H,31,37)(H,35,36)(H2,27,28,30). The van der Waals surface area contributed by atoms with Gasteiger partial charge in [0.15, 0.2) is 5.96 Å². The molecule has 1 saturated heterocycles. The van der Waals surface area contributed by atoms with E-state index in [1.807, 2.05) is 18.2 Å². The number of aliphatic carboxylic acids is 1. The molecule has 0 saturated carbocycles. The fourth-order valence-corrected chi connectivity index (χ4v) is 4.71. The molecule has 2 aliphatic heterocycles. The number of hydrogen-bond acceptors (Lipinski definition) is 8. The Balaban J connectivity index is 1.16. The highest BCUT2D eigenvalue weighted by Crippen LogP contribution is 2.24. The van der Waals surface area contributed by atoms with Gasteiger partial charge in [0, 0.05) is 38.1 Å². The Bertz CT molecular complexity index is 1070. The summed E-state index contributed by atoms with van der Waals surface area (Å²) in [5.41, 5.74) is 0.768. The highest BCUT2D eigenvalue weighted by atomic mass is 16.5. The van der Waals surface area contributed by atoms with Crippen LogP contribution in [0.5, 0.6) is 0 Å². The van der Waals surface area contributed by atoms with Gasteiger partial charge in [0.05, 0.1) is 12.5 Å². The molecule has 3 aliphatic rings. The van der Waals surface area contributed by atoms with Gasteiger partial charge in [-0.3, -0.25) is 14.6 Å². The van der Waals surface area contributed by atoms with Gasteiger partial charge in [-0.15, -0.1) is 0 Å². The molecular weight excluding hydrogens is 492 g/mol. The first-order chi connectivity index (χ1) is 18.4. The van der Waals surface area contributed by atoms with E-state index in [1.54, 1.807) is 29.2 Å². The number of carboxylic acid groups (broad SMARTS) is 1. The van der Waals surface area contributed by atoms with Crippen molar-refractivity contribution in [2.45, 2.75) is 38.0 Å². The third kappa shape index (κ3) is 7.46. The van der Waals surface area contributed by atoms with Gasteiger partial charge in [-0.25, -0.2) is 9.59 Å². The van der Waals surface area contributed by atoms with E-state index in [2.05, 4.69) is 26.3 Å². The van der Waals surface area contributed by atoms with E-state index >= 15 is 0 Å². The minimum atomic E-state index is -1.33. The molecule has 1 aromatic carbocycles. The summed E-state index contributed by atoms with van der Waals surface area (Å²) in [6.45, 7) is 2.22. The molecule has 0 bridgehead atoms. The Morgan fingerprint density at radius 2 is 1.89 bits per heavy atom. The molecule has 0 aromatic heterocycles. The van der Waals surface area contributed by atoms with E-state index in [0.29, 0.717) is 32.4 Å². The number of carboxylic acids is 1. The summed E-state index contributed by atoms with van der Waals surface area (Å²) >= 11 is 0. The van der Waals surface area contributed by atoms with Crippen molar-refractivity contribution in [2.75, 3.05) is 32.7 Å². The first-order valence-electron chi connectivity index (χ1n) is 12.9. The van der Waals surface area contributed by atoms with Crippen LogP contribution in [-0.2, 0) is 25.7 Å². The van der Waals surface area contributed by atoms with Crippen molar-refractivity contribution in [2.24, 2.45) is 16.8 Å². The third-order valence-corrected chi connectivity index (χ3v) is 6.86. The lowest BCUT2D eigenvalue weighted by Crippen LogP contribution is -2.50. The number of ether oxygens (including phenoxy) is 1. The van der Waals surface area contributed by atoms with Crippen molar-refractivity contribution in [3.05, 3.63) is 48.0 Å².